The number of carbonyl (C=O) groups excluding carboxylic acids is 1. The normalized spacial score (nSPS) is 26.8. The molecule has 3 rings (SSSR count). The van der Waals surface area contributed by atoms with Crippen molar-refractivity contribution in [3.63, 3.8) is 0 Å². The molecule has 1 amide bonds. The monoisotopic (exact) mass is 290 g/mol. The van der Waals surface area contributed by atoms with Crippen molar-refractivity contribution in [1.29, 1.82) is 0 Å². The lowest BCUT2D eigenvalue weighted by atomic mass is 9.93. The van der Waals surface area contributed by atoms with E-state index in [-0.39, 0.29) is 5.91 Å². The second-order valence-electron chi connectivity index (χ2n) is 5.69. The maximum Gasteiger partial charge on any atom is 0.252 e. The Kier molecular flexibility index (Phi) is 3.70. The van der Waals surface area contributed by atoms with Crippen LogP contribution in [0.15, 0.2) is 30.4 Å². The fraction of sp³-hybridized carbons (Fsp3) is 0.438. The van der Waals surface area contributed by atoms with E-state index >= 15 is 0 Å². The molecule has 2 N–H and O–H groups in total. The largest absolute Gasteiger partial charge is 0.385 e. The van der Waals surface area contributed by atoms with Crippen molar-refractivity contribution in [2.75, 3.05) is 18.9 Å². The topological polar surface area (TPSA) is 41.1 Å². The second-order valence-corrected chi connectivity index (χ2v) is 6.10. The summed E-state index contributed by atoms with van der Waals surface area (Å²) < 4.78 is 0. The molecule has 0 spiro atoms. The summed E-state index contributed by atoms with van der Waals surface area (Å²) in [5.74, 6) is 2.09. The van der Waals surface area contributed by atoms with E-state index in [1.54, 1.807) is 13.1 Å². The number of rotatable bonds is 4. The Hall–Kier alpha value is -1.48. The van der Waals surface area contributed by atoms with Gasteiger partial charge in [-0.3, -0.25) is 4.79 Å². The highest BCUT2D eigenvalue weighted by Crippen LogP contribution is 2.43. The summed E-state index contributed by atoms with van der Waals surface area (Å²) in [4.78, 5) is 11.7. The van der Waals surface area contributed by atoms with Gasteiger partial charge in [-0.1, -0.05) is 23.8 Å². The minimum atomic E-state index is -0.151. The Morgan fingerprint density at radius 2 is 2.20 bits per heavy atom. The Morgan fingerprint density at radius 3 is 2.85 bits per heavy atom. The van der Waals surface area contributed by atoms with Gasteiger partial charge in [-0.05, 0) is 48.8 Å². The van der Waals surface area contributed by atoms with Crippen LogP contribution < -0.4 is 10.6 Å². The third kappa shape index (κ3) is 2.55. The molecule has 1 fully saturated rings. The van der Waals surface area contributed by atoms with Gasteiger partial charge in [-0.15, -0.1) is 0 Å². The predicted molar refractivity (Wildman–Crippen MR) is 82.2 cm³/mol. The van der Waals surface area contributed by atoms with Crippen molar-refractivity contribution in [2.24, 2.45) is 17.8 Å². The molecule has 2 aliphatic rings. The zero-order chi connectivity index (χ0) is 14.1. The minimum Gasteiger partial charge on any atom is -0.385 e. The van der Waals surface area contributed by atoms with Gasteiger partial charge < -0.3 is 10.6 Å². The molecule has 0 aliphatic heterocycles. The van der Waals surface area contributed by atoms with Gasteiger partial charge in [-0.2, -0.15) is 0 Å². The van der Waals surface area contributed by atoms with Gasteiger partial charge in [0.25, 0.3) is 5.91 Å². The SMILES string of the molecule is CNC(=O)c1cc(NCC2CC3C=CC2C3)ccc1Cl. The molecule has 3 unspecified atom stereocenters. The Morgan fingerprint density at radius 1 is 1.35 bits per heavy atom. The van der Waals surface area contributed by atoms with Crippen LogP contribution in [-0.2, 0) is 0 Å². The van der Waals surface area contributed by atoms with Gasteiger partial charge in [0.05, 0.1) is 10.6 Å². The summed E-state index contributed by atoms with van der Waals surface area (Å²) in [7, 11) is 1.61. The summed E-state index contributed by atoms with van der Waals surface area (Å²) in [5.41, 5.74) is 1.48. The van der Waals surface area contributed by atoms with Gasteiger partial charge in [0.15, 0.2) is 0 Å². The van der Waals surface area contributed by atoms with Crippen molar-refractivity contribution < 1.29 is 4.79 Å². The van der Waals surface area contributed by atoms with Gasteiger partial charge in [0.1, 0.15) is 0 Å². The average molecular weight is 291 g/mol. The first kappa shape index (κ1) is 13.5. The van der Waals surface area contributed by atoms with Crippen molar-refractivity contribution >= 4 is 23.2 Å². The highest BCUT2D eigenvalue weighted by atomic mass is 35.5. The molecule has 0 heterocycles. The van der Waals surface area contributed by atoms with Crippen molar-refractivity contribution in [3.8, 4) is 0 Å². The third-order valence-electron chi connectivity index (χ3n) is 4.42. The summed E-state index contributed by atoms with van der Waals surface area (Å²) in [6.45, 7) is 0.959. The number of amides is 1. The number of halogens is 1. The van der Waals surface area contributed by atoms with Crippen molar-refractivity contribution in [1.82, 2.24) is 5.32 Å². The first-order valence-electron chi connectivity index (χ1n) is 7.11. The summed E-state index contributed by atoms with van der Waals surface area (Å²) in [5, 5.41) is 6.54. The van der Waals surface area contributed by atoms with Crippen LogP contribution in [0.25, 0.3) is 0 Å². The predicted octanol–water partition coefficient (Wildman–Crippen LogP) is 3.32. The molecule has 20 heavy (non-hydrogen) atoms. The first-order chi connectivity index (χ1) is 9.67. The molecule has 2 aliphatic carbocycles. The van der Waals surface area contributed by atoms with Crippen LogP contribution in [0.1, 0.15) is 23.2 Å². The van der Waals surface area contributed by atoms with Gasteiger partial charge in [-0.25, -0.2) is 0 Å². The molecule has 1 saturated carbocycles. The number of nitrogens with one attached hydrogen (secondary N) is 2. The van der Waals surface area contributed by atoms with Gasteiger partial charge >= 0.3 is 0 Å². The van der Waals surface area contributed by atoms with E-state index in [0.29, 0.717) is 16.5 Å². The summed E-state index contributed by atoms with van der Waals surface area (Å²) in [6, 6.07) is 5.52. The molecular formula is C16H19ClN2O. The van der Waals surface area contributed by atoms with Crippen LogP contribution in [0.5, 0.6) is 0 Å². The lowest BCUT2D eigenvalue weighted by Gasteiger charge is -2.19. The molecular weight excluding hydrogens is 272 g/mol. The number of hydrogen-bond donors (Lipinski definition) is 2. The lowest BCUT2D eigenvalue weighted by Crippen LogP contribution is -2.20. The fourth-order valence-corrected chi connectivity index (χ4v) is 3.53. The van der Waals surface area contributed by atoms with Crippen molar-refractivity contribution in [3.05, 3.63) is 40.9 Å². The van der Waals surface area contributed by atoms with Crippen LogP contribution in [-0.4, -0.2) is 19.5 Å². The molecule has 0 aromatic heterocycles. The minimum absolute atomic E-state index is 0.151. The molecule has 0 saturated heterocycles. The number of fused-ring (bicyclic) bond motifs is 2. The zero-order valence-corrected chi connectivity index (χ0v) is 12.3. The molecule has 3 nitrogen and oxygen atoms in total. The summed E-state index contributed by atoms with van der Waals surface area (Å²) in [6.07, 6.45) is 7.31. The van der Waals surface area contributed by atoms with E-state index < -0.39 is 0 Å². The van der Waals surface area contributed by atoms with E-state index in [1.807, 2.05) is 12.1 Å². The average Bonchev–Trinajstić information content (AvgIpc) is 3.08. The smallest absolute Gasteiger partial charge is 0.252 e. The van der Waals surface area contributed by atoms with E-state index in [1.165, 1.54) is 12.8 Å². The number of anilines is 1. The van der Waals surface area contributed by atoms with Crippen LogP contribution in [0.4, 0.5) is 5.69 Å². The number of benzene rings is 1. The van der Waals surface area contributed by atoms with Crippen LogP contribution >= 0.6 is 11.6 Å². The van der Waals surface area contributed by atoms with Crippen LogP contribution in [0, 0.1) is 17.8 Å². The van der Waals surface area contributed by atoms with E-state index in [2.05, 4.69) is 22.8 Å². The van der Waals surface area contributed by atoms with Crippen LogP contribution in [0.2, 0.25) is 5.02 Å². The molecule has 0 radical (unpaired) electrons. The molecule has 1 aromatic rings. The van der Waals surface area contributed by atoms with Gasteiger partial charge in [0, 0.05) is 19.3 Å². The highest BCUT2D eigenvalue weighted by Gasteiger charge is 2.35. The molecule has 2 bridgehead atoms. The Balaban J connectivity index is 1.66. The molecule has 1 aromatic carbocycles. The number of hydrogen-bond acceptors (Lipinski definition) is 2. The van der Waals surface area contributed by atoms with E-state index in [0.717, 1.165) is 24.1 Å². The van der Waals surface area contributed by atoms with Crippen LogP contribution in [0.3, 0.4) is 0 Å². The lowest BCUT2D eigenvalue weighted by molar-refractivity contribution is 0.0963. The van der Waals surface area contributed by atoms with E-state index in [9.17, 15) is 4.79 Å². The molecule has 3 atom stereocenters. The number of carbonyl (C=O) groups is 1. The Labute approximate surface area is 124 Å². The fourth-order valence-electron chi connectivity index (χ4n) is 3.32. The zero-order valence-electron chi connectivity index (χ0n) is 11.5. The Bertz CT molecular complexity index is 555. The molecule has 4 heteroatoms. The number of allylic oxidation sites excluding steroid dienone is 2. The van der Waals surface area contributed by atoms with Crippen molar-refractivity contribution in [2.45, 2.75) is 12.8 Å². The molecule has 106 valence electrons. The second kappa shape index (κ2) is 5.49. The quantitative estimate of drug-likeness (QED) is 0.835. The maximum absolute atomic E-state index is 11.7. The standard InChI is InChI=1S/C16H19ClN2O/c1-18-16(20)14-8-13(4-5-15(14)17)19-9-12-7-10-2-3-11(12)6-10/h2-5,8,10-12,19H,6-7,9H2,1H3,(H,18,20). The third-order valence-corrected chi connectivity index (χ3v) is 4.75. The highest BCUT2D eigenvalue weighted by molar-refractivity contribution is 6.34. The summed E-state index contributed by atoms with van der Waals surface area (Å²) >= 11 is 6.05. The maximum atomic E-state index is 11.7. The first-order valence-corrected chi connectivity index (χ1v) is 7.49. The van der Waals surface area contributed by atoms with Gasteiger partial charge in [0.2, 0.25) is 0 Å². The van der Waals surface area contributed by atoms with E-state index in [4.69, 9.17) is 11.6 Å².